The topological polar surface area (TPSA) is 44.0 Å². The summed E-state index contributed by atoms with van der Waals surface area (Å²) in [6.07, 6.45) is 0. The van der Waals surface area contributed by atoms with Gasteiger partial charge in [0.2, 0.25) is 0 Å². The molecule has 0 spiro atoms. The molecule has 3 heteroatoms. The zero-order valence-electron chi connectivity index (χ0n) is 4.56. The largest absolute Gasteiger partial charge is 0.504 e. The van der Waals surface area contributed by atoms with Gasteiger partial charge < -0.3 is 5.11 Å². The van der Waals surface area contributed by atoms with Gasteiger partial charge in [-0.25, -0.2) is 0 Å². The standard InChI is InChI=1S/C6H5ClNO/c7-4-2-1-3-5(8)6(4)9/h1-3,8-9H. The molecule has 2 N–H and O–H groups in total. The molecule has 2 nitrogen and oxygen atoms in total. The first-order valence-electron chi connectivity index (χ1n) is 2.41. The van der Waals surface area contributed by atoms with Gasteiger partial charge in [-0.3, -0.25) is 5.73 Å². The lowest BCUT2D eigenvalue weighted by molar-refractivity contribution is 0.476. The van der Waals surface area contributed by atoms with E-state index < -0.39 is 0 Å². The zero-order valence-corrected chi connectivity index (χ0v) is 5.31. The van der Waals surface area contributed by atoms with Gasteiger partial charge in [-0.2, -0.15) is 0 Å². The fourth-order valence-electron chi connectivity index (χ4n) is 0.515. The average Bonchev–Trinajstić information content (AvgIpc) is 1.83. The number of benzene rings is 1. The second kappa shape index (κ2) is 2.15. The van der Waals surface area contributed by atoms with E-state index in [0.29, 0.717) is 0 Å². The highest BCUT2D eigenvalue weighted by atomic mass is 35.5. The molecule has 0 unspecified atom stereocenters. The Morgan fingerprint density at radius 2 is 2.11 bits per heavy atom. The van der Waals surface area contributed by atoms with Crippen LogP contribution in [0.25, 0.3) is 0 Å². The summed E-state index contributed by atoms with van der Waals surface area (Å²) in [6.45, 7) is 0. The van der Waals surface area contributed by atoms with E-state index in [1.54, 1.807) is 6.07 Å². The second-order valence-electron chi connectivity index (χ2n) is 1.64. The fourth-order valence-corrected chi connectivity index (χ4v) is 0.690. The van der Waals surface area contributed by atoms with E-state index in [1.165, 1.54) is 12.1 Å². The Hall–Kier alpha value is -0.890. The van der Waals surface area contributed by atoms with E-state index in [-0.39, 0.29) is 16.5 Å². The van der Waals surface area contributed by atoms with Crippen molar-refractivity contribution in [1.82, 2.24) is 5.73 Å². The number of para-hydroxylation sites is 1. The Bertz CT molecular complexity index is 204. The Balaban J connectivity index is 3.25. The summed E-state index contributed by atoms with van der Waals surface area (Å²) in [4.78, 5) is 0. The lowest BCUT2D eigenvalue weighted by Gasteiger charge is -1.96. The van der Waals surface area contributed by atoms with Crippen LogP contribution in [0.2, 0.25) is 5.02 Å². The zero-order chi connectivity index (χ0) is 6.85. The number of phenols is 1. The molecule has 0 bridgehead atoms. The third-order valence-electron chi connectivity index (χ3n) is 0.987. The molecule has 1 rings (SSSR count). The Labute approximate surface area is 57.9 Å². The van der Waals surface area contributed by atoms with Crippen molar-refractivity contribution in [3.8, 4) is 5.75 Å². The maximum Gasteiger partial charge on any atom is 0.159 e. The Morgan fingerprint density at radius 3 is 2.56 bits per heavy atom. The number of hydrogen-bond donors (Lipinski definition) is 1. The monoisotopic (exact) mass is 142 g/mol. The highest BCUT2D eigenvalue weighted by Crippen LogP contribution is 2.29. The van der Waals surface area contributed by atoms with Crippen LogP contribution in [0.5, 0.6) is 5.75 Å². The maximum atomic E-state index is 8.89. The van der Waals surface area contributed by atoms with Gasteiger partial charge in [-0.05, 0) is 12.1 Å². The highest BCUT2D eigenvalue weighted by Gasteiger charge is 1.99. The van der Waals surface area contributed by atoms with Gasteiger partial charge in [0.15, 0.2) is 5.75 Å². The van der Waals surface area contributed by atoms with Crippen molar-refractivity contribution in [2.75, 3.05) is 0 Å². The van der Waals surface area contributed by atoms with Gasteiger partial charge in [0.25, 0.3) is 0 Å². The van der Waals surface area contributed by atoms with Crippen LogP contribution in [0.1, 0.15) is 0 Å². The molecule has 0 aromatic heterocycles. The minimum absolute atomic E-state index is 0.0579. The first-order chi connectivity index (χ1) is 4.22. The van der Waals surface area contributed by atoms with Crippen LogP contribution in [0.4, 0.5) is 5.69 Å². The Kier molecular flexibility index (Phi) is 1.49. The van der Waals surface area contributed by atoms with E-state index in [1.807, 2.05) is 0 Å². The number of rotatable bonds is 0. The predicted octanol–water partition coefficient (Wildman–Crippen LogP) is 1.96. The lowest BCUT2D eigenvalue weighted by Crippen LogP contribution is -1.71. The molecule has 1 aromatic carbocycles. The molecule has 1 radical (unpaired) electrons. The number of hydrogen-bond acceptors (Lipinski definition) is 1. The van der Waals surface area contributed by atoms with Crippen molar-refractivity contribution >= 4 is 17.3 Å². The van der Waals surface area contributed by atoms with E-state index in [0.717, 1.165) is 0 Å². The van der Waals surface area contributed by atoms with E-state index >= 15 is 0 Å². The SMILES string of the molecule is [NH]c1cccc(Cl)c1O. The van der Waals surface area contributed by atoms with Gasteiger partial charge in [0.05, 0.1) is 10.7 Å². The summed E-state index contributed by atoms with van der Waals surface area (Å²) >= 11 is 5.44. The van der Waals surface area contributed by atoms with Crippen molar-refractivity contribution in [2.45, 2.75) is 0 Å². The smallest absolute Gasteiger partial charge is 0.159 e. The van der Waals surface area contributed by atoms with Crippen LogP contribution in [-0.4, -0.2) is 5.11 Å². The second-order valence-corrected chi connectivity index (χ2v) is 2.04. The fraction of sp³-hybridized carbons (Fsp3) is 0. The molecule has 9 heavy (non-hydrogen) atoms. The molecule has 47 valence electrons. The van der Waals surface area contributed by atoms with Gasteiger partial charge in [0.1, 0.15) is 0 Å². The molecule has 1 aromatic rings. The van der Waals surface area contributed by atoms with Crippen LogP contribution in [0.15, 0.2) is 18.2 Å². The minimum atomic E-state index is -0.154. The van der Waals surface area contributed by atoms with Crippen LogP contribution >= 0.6 is 11.6 Å². The molecule has 0 atom stereocenters. The third-order valence-corrected chi connectivity index (χ3v) is 1.29. The molecule has 0 aliphatic rings. The van der Waals surface area contributed by atoms with Crippen molar-refractivity contribution < 1.29 is 5.11 Å². The van der Waals surface area contributed by atoms with Crippen LogP contribution in [-0.2, 0) is 0 Å². The first-order valence-corrected chi connectivity index (χ1v) is 2.78. The Morgan fingerprint density at radius 1 is 1.44 bits per heavy atom. The molecule has 0 saturated heterocycles. The molecule has 0 amide bonds. The molecule has 0 saturated carbocycles. The number of aromatic hydroxyl groups is 1. The summed E-state index contributed by atoms with van der Waals surface area (Å²) in [5.41, 5.74) is 7.08. The maximum absolute atomic E-state index is 8.89. The average molecular weight is 143 g/mol. The molecule has 0 aliphatic carbocycles. The van der Waals surface area contributed by atoms with Gasteiger partial charge in [0, 0.05) is 0 Å². The molecule has 0 heterocycles. The van der Waals surface area contributed by atoms with E-state index in [4.69, 9.17) is 22.4 Å². The molecule has 0 aliphatic heterocycles. The summed E-state index contributed by atoms with van der Waals surface area (Å²) in [5, 5.41) is 9.11. The summed E-state index contributed by atoms with van der Waals surface area (Å²) in [5.74, 6) is -0.154. The van der Waals surface area contributed by atoms with Crippen LogP contribution in [0, 0.1) is 0 Å². The summed E-state index contributed by atoms with van der Waals surface area (Å²) < 4.78 is 0. The van der Waals surface area contributed by atoms with Gasteiger partial charge in [-0.15, -0.1) is 0 Å². The van der Waals surface area contributed by atoms with Crippen LogP contribution < -0.4 is 5.73 Å². The van der Waals surface area contributed by atoms with Crippen molar-refractivity contribution in [3.05, 3.63) is 23.2 Å². The molecular formula is C6H5ClNO. The van der Waals surface area contributed by atoms with E-state index in [2.05, 4.69) is 0 Å². The van der Waals surface area contributed by atoms with Crippen LogP contribution in [0.3, 0.4) is 0 Å². The summed E-state index contributed by atoms with van der Waals surface area (Å²) in [7, 11) is 0. The van der Waals surface area contributed by atoms with Gasteiger partial charge >= 0.3 is 0 Å². The normalized spacial score (nSPS) is 9.44. The van der Waals surface area contributed by atoms with Crippen molar-refractivity contribution in [3.63, 3.8) is 0 Å². The molecular weight excluding hydrogens is 138 g/mol. The number of phenolic OH excluding ortho intramolecular Hbond substituents is 1. The third kappa shape index (κ3) is 1.08. The number of nitrogens with one attached hydrogen (secondary N) is 1. The van der Waals surface area contributed by atoms with Gasteiger partial charge in [-0.1, -0.05) is 17.7 Å². The summed E-state index contributed by atoms with van der Waals surface area (Å²) in [6, 6.07) is 4.63. The molecule has 0 fully saturated rings. The van der Waals surface area contributed by atoms with E-state index in [9.17, 15) is 0 Å². The highest BCUT2D eigenvalue weighted by molar-refractivity contribution is 6.32. The van der Waals surface area contributed by atoms with Crippen molar-refractivity contribution in [2.24, 2.45) is 0 Å². The quantitative estimate of drug-likeness (QED) is 0.553. The lowest BCUT2D eigenvalue weighted by atomic mass is 10.3. The number of halogens is 1. The predicted molar refractivity (Wildman–Crippen MR) is 35.9 cm³/mol. The first kappa shape index (κ1) is 6.23. The van der Waals surface area contributed by atoms with Crippen molar-refractivity contribution in [1.29, 1.82) is 0 Å². The minimum Gasteiger partial charge on any atom is -0.504 e.